The van der Waals surface area contributed by atoms with Crippen LogP contribution in [0.3, 0.4) is 0 Å². The van der Waals surface area contributed by atoms with Gasteiger partial charge in [0, 0.05) is 12.8 Å². The summed E-state index contributed by atoms with van der Waals surface area (Å²) in [4.78, 5) is 24.6. The molecule has 0 rings (SSSR count). The van der Waals surface area contributed by atoms with Gasteiger partial charge in [-0.25, -0.2) is 0 Å². The molecule has 0 aliphatic rings. The Bertz CT molecular complexity index is 1630. The molecule has 0 heterocycles. The lowest BCUT2D eigenvalue weighted by molar-refractivity contribution is -0.161. The van der Waals surface area contributed by atoms with Gasteiger partial charge in [-0.2, -0.15) is 0 Å². The number of carbonyl (C=O) groups is 2. The second-order valence-electron chi connectivity index (χ2n) is 22.2. The van der Waals surface area contributed by atoms with E-state index >= 15 is 0 Å². The maximum atomic E-state index is 12.4. The number of rotatable bonds is 61. The van der Waals surface area contributed by atoms with Gasteiger partial charge in [-0.3, -0.25) is 9.59 Å². The number of hydrogen-bond acceptors (Lipinski definition) is 5. The summed E-state index contributed by atoms with van der Waals surface area (Å²) in [6.45, 7) is 4.05. The van der Waals surface area contributed by atoms with Crippen LogP contribution >= 0.6 is 0 Å². The minimum Gasteiger partial charge on any atom is -0.462 e. The van der Waals surface area contributed by atoms with Crippen LogP contribution in [0.2, 0.25) is 0 Å². The minimum absolute atomic E-state index is 0.0736. The van der Waals surface area contributed by atoms with Crippen molar-refractivity contribution in [3.8, 4) is 0 Å². The van der Waals surface area contributed by atoms with Crippen LogP contribution in [0.5, 0.6) is 0 Å². The molecule has 1 atom stereocenters. The van der Waals surface area contributed by atoms with Crippen molar-refractivity contribution < 1.29 is 24.2 Å². The van der Waals surface area contributed by atoms with Crippen molar-refractivity contribution in [3.63, 3.8) is 0 Å². The summed E-state index contributed by atoms with van der Waals surface area (Å²) in [5.41, 5.74) is 0. The Hall–Kier alpha value is -3.96. The summed E-state index contributed by atoms with van der Waals surface area (Å²) >= 11 is 0. The lowest BCUT2D eigenvalue weighted by Crippen LogP contribution is -2.28. The topological polar surface area (TPSA) is 72.8 Å². The van der Waals surface area contributed by atoms with Gasteiger partial charge in [-0.15, -0.1) is 0 Å². The molecule has 80 heavy (non-hydrogen) atoms. The normalized spacial score (nSPS) is 13.1. The van der Waals surface area contributed by atoms with Gasteiger partial charge in [0.1, 0.15) is 6.61 Å². The molecule has 0 spiro atoms. The predicted octanol–water partition coefficient (Wildman–Crippen LogP) is 23.5. The molecule has 456 valence electrons. The number of carbonyl (C=O) groups excluding carboxylic acids is 2. The third kappa shape index (κ3) is 66.6. The quantitative estimate of drug-likeness (QED) is 0.0373. The Morgan fingerprint density at radius 3 is 0.812 bits per heavy atom. The van der Waals surface area contributed by atoms with Crippen LogP contribution in [-0.4, -0.2) is 36.4 Å². The van der Waals surface area contributed by atoms with E-state index in [9.17, 15) is 14.7 Å². The first kappa shape index (κ1) is 76.0. The lowest BCUT2D eigenvalue weighted by Gasteiger charge is -2.15. The Morgan fingerprint density at radius 1 is 0.300 bits per heavy atom. The van der Waals surface area contributed by atoms with Crippen LogP contribution in [0, 0.1) is 0 Å². The van der Waals surface area contributed by atoms with Gasteiger partial charge >= 0.3 is 11.9 Å². The molecule has 0 amide bonds. The first-order chi connectivity index (χ1) is 39.6. The van der Waals surface area contributed by atoms with Gasteiger partial charge in [0.05, 0.1) is 6.61 Å². The molecule has 5 nitrogen and oxygen atoms in total. The first-order valence-electron chi connectivity index (χ1n) is 33.7. The van der Waals surface area contributed by atoms with Crippen molar-refractivity contribution in [1.29, 1.82) is 0 Å². The number of hydrogen-bond donors (Lipinski definition) is 1. The molecule has 1 N–H and O–H groups in total. The molecule has 0 aromatic rings. The zero-order chi connectivity index (χ0) is 57.6. The highest BCUT2D eigenvalue weighted by Gasteiger charge is 2.16. The van der Waals surface area contributed by atoms with Gasteiger partial charge < -0.3 is 14.6 Å². The summed E-state index contributed by atoms with van der Waals surface area (Å²) in [6.07, 6.45) is 103. The molecule has 0 saturated heterocycles. The van der Waals surface area contributed by atoms with E-state index in [4.69, 9.17) is 9.47 Å². The van der Waals surface area contributed by atoms with Crippen LogP contribution < -0.4 is 0 Å². The third-order valence-electron chi connectivity index (χ3n) is 14.5. The highest BCUT2D eigenvalue weighted by Crippen LogP contribution is 2.17. The van der Waals surface area contributed by atoms with Crippen LogP contribution in [0.4, 0.5) is 0 Å². The van der Waals surface area contributed by atoms with Gasteiger partial charge in [0.15, 0.2) is 6.10 Å². The van der Waals surface area contributed by atoms with Crippen LogP contribution in [0.1, 0.15) is 309 Å². The Morgan fingerprint density at radius 2 is 0.537 bits per heavy atom. The average Bonchev–Trinajstić information content (AvgIpc) is 3.46. The van der Waals surface area contributed by atoms with Crippen molar-refractivity contribution in [2.24, 2.45) is 0 Å². The van der Waals surface area contributed by atoms with E-state index in [-0.39, 0.29) is 25.2 Å². The van der Waals surface area contributed by atoms with E-state index in [1.54, 1.807) is 0 Å². The highest BCUT2D eigenvalue weighted by molar-refractivity contribution is 5.70. The number of ether oxygens (including phenoxy) is 2. The van der Waals surface area contributed by atoms with Crippen LogP contribution in [-0.2, 0) is 19.1 Å². The minimum atomic E-state index is -0.786. The molecule has 1 unspecified atom stereocenters. The molecule has 0 bridgehead atoms. The smallest absolute Gasteiger partial charge is 0.306 e. The van der Waals surface area contributed by atoms with E-state index in [1.807, 2.05) is 0 Å². The standard InChI is InChI=1S/C75H126O5/c1-3-5-7-9-11-13-15-17-19-21-23-25-27-29-30-31-32-33-34-35-36-37-38-39-40-41-42-43-44-46-48-50-52-54-56-58-60-62-64-66-68-70-75(78)80-73(71-76)72-79-74(77)69-67-65-63-61-59-57-55-53-51-49-47-45-28-26-24-22-20-18-16-14-12-10-8-6-4-2/h5,7,11,13,17,19,23,25,29-30,32-33,35-36,38-39,41-42,44,46,50,52,73,76H,3-4,6,8-10,12,14-16,18,20-22,24,26-28,31,34,37,40,43,45,47-49,51,53-72H2,1-2H3/b7-5-,13-11-,19-17-,25-23-,30-29-,33-32-,36-35-,39-38-,42-41-,46-44-,52-50-. The van der Waals surface area contributed by atoms with Gasteiger partial charge in [-0.05, 0) is 96.3 Å². The first-order valence-corrected chi connectivity index (χ1v) is 33.7. The Kier molecular flexibility index (Phi) is 65.9. The molecule has 0 aliphatic heterocycles. The molecular formula is C75H126O5. The van der Waals surface area contributed by atoms with E-state index in [1.165, 1.54) is 167 Å². The fourth-order valence-corrected chi connectivity index (χ4v) is 9.45. The van der Waals surface area contributed by atoms with Gasteiger partial charge in [-0.1, -0.05) is 334 Å². The summed E-state index contributed by atoms with van der Waals surface area (Å²) in [6, 6.07) is 0. The molecule has 0 saturated carbocycles. The number of aliphatic hydroxyl groups excluding tert-OH is 1. The van der Waals surface area contributed by atoms with E-state index in [0.717, 1.165) is 116 Å². The van der Waals surface area contributed by atoms with Crippen molar-refractivity contribution in [3.05, 3.63) is 134 Å². The molecule has 0 fully saturated rings. The SMILES string of the molecule is CC/C=C\C/C=C\C/C=C\C/C=C\C/C=C\C/C=C\C/C=C\C/C=C\C/C=C\C/C=C\C/C=C\CCCCCCCCCC(=O)OC(CO)COC(=O)CCCCCCCCCCCCCCCCCCCCCCCCCCC. The van der Waals surface area contributed by atoms with Crippen molar-refractivity contribution >= 4 is 11.9 Å². The Labute approximate surface area is 496 Å². The molecule has 5 heteroatoms. The second kappa shape index (κ2) is 69.3. The van der Waals surface area contributed by atoms with Crippen LogP contribution in [0.25, 0.3) is 0 Å². The zero-order valence-corrected chi connectivity index (χ0v) is 52.3. The number of allylic oxidation sites excluding steroid dienone is 22. The molecule has 0 radical (unpaired) electrons. The second-order valence-corrected chi connectivity index (χ2v) is 22.2. The lowest BCUT2D eigenvalue weighted by atomic mass is 10.0. The highest BCUT2D eigenvalue weighted by atomic mass is 16.6. The maximum absolute atomic E-state index is 12.4. The van der Waals surface area contributed by atoms with Gasteiger partial charge in [0.2, 0.25) is 0 Å². The fourth-order valence-electron chi connectivity index (χ4n) is 9.45. The fraction of sp³-hybridized carbons (Fsp3) is 0.680. The van der Waals surface area contributed by atoms with Crippen LogP contribution in [0.15, 0.2) is 134 Å². The number of unbranched alkanes of at least 4 members (excludes halogenated alkanes) is 31. The summed E-state index contributed by atoms with van der Waals surface area (Å²) in [5.74, 6) is -0.598. The predicted molar refractivity (Wildman–Crippen MR) is 352 cm³/mol. The van der Waals surface area contributed by atoms with E-state index in [0.29, 0.717) is 12.8 Å². The monoisotopic (exact) mass is 1110 g/mol. The molecule has 0 aromatic heterocycles. The largest absolute Gasteiger partial charge is 0.462 e. The number of esters is 2. The van der Waals surface area contributed by atoms with E-state index < -0.39 is 6.10 Å². The maximum Gasteiger partial charge on any atom is 0.306 e. The van der Waals surface area contributed by atoms with E-state index in [2.05, 4.69) is 148 Å². The summed E-state index contributed by atoms with van der Waals surface area (Å²) in [7, 11) is 0. The molecular weight excluding hydrogens is 981 g/mol. The molecule has 0 aliphatic carbocycles. The third-order valence-corrected chi connectivity index (χ3v) is 14.5. The Balaban J connectivity index is 3.57. The average molecular weight is 1110 g/mol. The summed E-state index contributed by atoms with van der Waals surface area (Å²) in [5, 5.41) is 9.69. The van der Waals surface area contributed by atoms with Crippen molar-refractivity contribution in [2.75, 3.05) is 13.2 Å². The zero-order valence-electron chi connectivity index (χ0n) is 52.3. The number of aliphatic hydroxyl groups is 1. The van der Waals surface area contributed by atoms with Crippen molar-refractivity contribution in [2.45, 2.75) is 315 Å². The molecule has 0 aromatic carbocycles. The summed E-state index contributed by atoms with van der Waals surface area (Å²) < 4.78 is 10.7. The van der Waals surface area contributed by atoms with Gasteiger partial charge in [0.25, 0.3) is 0 Å². The van der Waals surface area contributed by atoms with Crippen molar-refractivity contribution in [1.82, 2.24) is 0 Å².